The molecule has 1 heterocycles. The van der Waals surface area contributed by atoms with Gasteiger partial charge < -0.3 is 14.6 Å². The van der Waals surface area contributed by atoms with Crippen LogP contribution >= 0.6 is 0 Å². The van der Waals surface area contributed by atoms with Gasteiger partial charge in [-0.05, 0) is 44.8 Å². The Balaban J connectivity index is 2.32. The van der Waals surface area contributed by atoms with Crippen LogP contribution in [-0.2, 0) is 9.31 Å². The number of nitrogens with one attached hydrogen (secondary N) is 1. The molecule has 0 spiro atoms. The molecule has 0 amide bonds. The first kappa shape index (κ1) is 14.2. The Morgan fingerprint density at radius 2 is 1.74 bits per heavy atom. The molecule has 19 heavy (non-hydrogen) atoms. The van der Waals surface area contributed by atoms with Gasteiger partial charge in [0, 0.05) is 12.7 Å². The molecule has 4 heteroatoms. The highest BCUT2D eigenvalue weighted by Crippen LogP contribution is 2.36. The van der Waals surface area contributed by atoms with Crippen molar-refractivity contribution in [1.82, 2.24) is 0 Å². The summed E-state index contributed by atoms with van der Waals surface area (Å²) in [6.07, 6.45) is 1.83. The molecule has 1 aliphatic rings. The molecule has 0 atom stereocenters. The molecule has 1 fully saturated rings. The zero-order valence-corrected chi connectivity index (χ0v) is 12.4. The van der Waals surface area contributed by atoms with Crippen LogP contribution in [-0.4, -0.2) is 25.4 Å². The van der Waals surface area contributed by atoms with Crippen LogP contribution in [0.15, 0.2) is 24.8 Å². The smallest absolute Gasteiger partial charge is 0.399 e. The van der Waals surface area contributed by atoms with Gasteiger partial charge in [0.15, 0.2) is 0 Å². The van der Waals surface area contributed by atoms with Crippen LogP contribution in [0.25, 0.3) is 6.08 Å². The first-order valence-corrected chi connectivity index (χ1v) is 6.60. The fraction of sp³-hybridized carbons (Fsp3) is 0.467. The Morgan fingerprint density at radius 3 is 2.21 bits per heavy atom. The van der Waals surface area contributed by atoms with Crippen LogP contribution in [0.2, 0.25) is 0 Å². The van der Waals surface area contributed by atoms with Gasteiger partial charge in [-0.2, -0.15) is 0 Å². The lowest BCUT2D eigenvalue weighted by Crippen LogP contribution is -2.41. The van der Waals surface area contributed by atoms with E-state index in [0.717, 1.165) is 16.7 Å². The van der Waals surface area contributed by atoms with Crippen LogP contribution in [0.5, 0.6) is 0 Å². The molecule has 102 valence electrons. The quantitative estimate of drug-likeness (QED) is 0.846. The van der Waals surface area contributed by atoms with Crippen LogP contribution in [0.4, 0.5) is 5.69 Å². The number of rotatable bonds is 3. The first-order chi connectivity index (χ1) is 8.80. The van der Waals surface area contributed by atoms with Crippen LogP contribution in [0.3, 0.4) is 0 Å². The lowest BCUT2D eigenvalue weighted by Gasteiger charge is -2.32. The van der Waals surface area contributed by atoms with Crippen LogP contribution in [0, 0.1) is 0 Å². The van der Waals surface area contributed by atoms with E-state index >= 15 is 0 Å². The van der Waals surface area contributed by atoms with Crippen molar-refractivity contribution >= 4 is 24.3 Å². The van der Waals surface area contributed by atoms with Crippen molar-refractivity contribution in [1.29, 1.82) is 0 Å². The molecule has 0 aromatic heterocycles. The number of hydrogen-bond donors (Lipinski definition) is 1. The van der Waals surface area contributed by atoms with Gasteiger partial charge in [-0.1, -0.05) is 24.8 Å². The van der Waals surface area contributed by atoms with Gasteiger partial charge in [0.05, 0.1) is 11.2 Å². The third-order valence-electron chi connectivity index (χ3n) is 4.09. The third-order valence-corrected chi connectivity index (χ3v) is 4.09. The Bertz CT molecular complexity index is 481. The van der Waals surface area contributed by atoms with Crippen molar-refractivity contribution in [3.63, 3.8) is 0 Å². The Kier molecular flexibility index (Phi) is 3.50. The van der Waals surface area contributed by atoms with E-state index < -0.39 is 0 Å². The Morgan fingerprint density at radius 1 is 1.16 bits per heavy atom. The Hall–Kier alpha value is -1.26. The van der Waals surface area contributed by atoms with E-state index in [-0.39, 0.29) is 18.3 Å². The minimum absolute atomic E-state index is 0.311. The average Bonchev–Trinajstić information content (AvgIpc) is 2.57. The molecule has 1 N–H and O–H groups in total. The molecule has 1 aliphatic heterocycles. The van der Waals surface area contributed by atoms with E-state index in [0.29, 0.717) is 0 Å². The summed E-state index contributed by atoms with van der Waals surface area (Å²) in [6.45, 7) is 12.0. The maximum atomic E-state index is 6.05. The maximum Gasteiger partial charge on any atom is 0.494 e. The van der Waals surface area contributed by atoms with Gasteiger partial charge in [0.1, 0.15) is 0 Å². The average molecular weight is 259 g/mol. The molecule has 1 aromatic rings. The topological polar surface area (TPSA) is 30.5 Å². The first-order valence-electron chi connectivity index (χ1n) is 6.60. The van der Waals surface area contributed by atoms with E-state index in [1.165, 1.54) is 0 Å². The lowest BCUT2D eigenvalue weighted by atomic mass is 9.78. The molecule has 0 saturated carbocycles. The molecule has 2 rings (SSSR count). The molecule has 0 bridgehead atoms. The van der Waals surface area contributed by atoms with E-state index in [1.807, 2.05) is 25.3 Å². The van der Waals surface area contributed by atoms with Gasteiger partial charge in [-0.15, -0.1) is 0 Å². The van der Waals surface area contributed by atoms with Gasteiger partial charge >= 0.3 is 7.12 Å². The molecule has 0 aliphatic carbocycles. The number of anilines is 1. The highest BCUT2D eigenvalue weighted by Gasteiger charge is 2.51. The van der Waals surface area contributed by atoms with E-state index in [2.05, 4.69) is 45.7 Å². The van der Waals surface area contributed by atoms with Crippen LogP contribution in [0.1, 0.15) is 33.3 Å². The summed E-state index contributed by atoms with van der Waals surface area (Å²) >= 11 is 0. The van der Waals surface area contributed by atoms with Crippen molar-refractivity contribution in [2.75, 3.05) is 12.4 Å². The summed E-state index contributed by atoms with van der Waals surface area (Å²) < 4.78 is 12.1. The lowest BCUT2D eigenvalue weighted by molar-refractivity contribution is 0.00578. The summed E-state index contributed by atoms with van der Waals surface area (Å²) in [6, 6.07) is 6.11. The molecule has 1 aromatic carbocycles. The summed E-state index contributed by atoms with van der Waals surface area (Å²) in [5.41, 5.74) is 2.50. The summed E-state index contributed by atoms with van der Waals surface area (Å²) in [4.78, 5) is 0. The van der Waals surface area contributed by atoms with Gasteiger partial charge in [-0.3, -0.25) is 0 Å². The highest BCUT2D eigenvalue weighted by molar-refractivity contribution is 6.62. The van der Waals surface area contributed by atoms with E-state index in [1.54, 1.807) is 0 Å². The summed E-state index contributed by atoms with van der Waals surface area (Å²) in [5, 5.41) is 3.17. The highest BCUT2D eigenvalue weighted by atomic mass is 16.7. The molecular weight excluding hydrogens is 237 g/mol. The standard InChI is InChI=1S/C15H22BNO2/c1-7-11-8-9-12(10-13(11)17-6)16-18-14(2,3)15(4,5)19-16/h7-10,17H,1H2,2-6H3. The SMILES string of the molecule is C=Cc1ccc(B2OC(C)(C)C(C)(C)O2)cc1NC. The summed E-state index contributed by atoms with van der Waals surface area (Å²) in [7, 11) is 1.58. The van der Waals surface area contributed by atoms with E-state index in [9.17, 15) is 0 Å². The fourth-order valence-electron chi connectivity index (χ4n) is 2.09. The normalized spacial score (nSPS) is 20.4. The number of benzene rings is 1. The molecule has 0 unspecified atom stereocenters. The monoisotopic (exact) mass is 259 g/mol. The zero-order valence-electron chi connectivity index (χ0n) is 12.4. The second kappa shape index (κ2) is 4.69. The van der Waals surface area contributed by atoms with Crippen LogP contribution < -0.4 is 10.8 Å². The second-order valence-corrected chi connectivity index (χ2v) is 5.89. The predicted molar refractivity (Wildman–Crippen MR) is 81.8 cm³/mol. The van der Waals surface area contributed by atoms with Gasteiger partial charge in [-0.25, -0.2) is 0 Å². The minimum atomic E-state index is -0.323. The van der Waals surface area contributed by atoms with Crippen molar-refractivity contribution < 1.29 is 9.31 Å². The molecule has 0 radical (unpaired) electrons. The van der Waals surface area contributed by atoms with Crippen molar-refractivity contribution in [3.05, 3.63) is 30.3 Å². The van der Waals surface area contributed by atoms with Gasteiger partial charge in [0.2, 0.25) is 0 Å². The largest absolute Gasteiger partial charge is 0.494 e. The second-order valence-electron chi connectivity index (χ2n) is 5.89. The van der Waals surface area contributed by atoms with Gasteiger partial charge in [0.25, 0.3) is 0 Å². The molecule has 3 nitrogen and oxygen atoms in total. The van der Waals surface area contributed by atoms with Crippen molar-refractivity contribution in [3.8, 4) is 0 Å². The maximum absolute atomic E-state index is 6.05. The summed E-state index contributed by atoms with van der Waals surface area (Å²) in [5.74, 6) is 0. The predicted octanol–water partition coefficient (Wildman–Crippen LogP) is 2.67. The number of hydrogen-bond acceptors (Lipinski definition) is 3. The molecule has 1 saturated heterocycles. The van der Waals surface area contributed by atoms with Crippen molar-refractivity contribution in [2.24, 2.45) is 0 Å². The third kappa shape index (κ3) is 2.43. The fourth-order valence-corrected chi connectivity index (χ4v) is 2.09. The van der Waals surface area contributed by atoms with E-state index in [4.69, 9.17) is 9.31 Å². The minimum Gasteiger partial charge on any atom is -0.399 e. The van der Waals surface area contributed by atoms with Crippen molar-refractivity contribution in [2.45, 2.75) is 38.9 Å². The Labute approximate surface area is 116 Å². The molecular formula is C15H22BNO2. The zero-order chi connectivity index (χ0) is 14.3.